The van der Waals surface area contributed by atoms with Crippen molar-refractivity contribution in [3.63, 3.8) is 0 Å². The number of aryl methyl sites for hydroxylation is 2. The second-order valence-electron chi connectivity index (χ2n) is 8.60. The van der Waals surface area contributed by atoms with Gasteiger partial charge in [-0.15, -0.1) is 0 Å². The molecule has 3 aromatic carbocycles. The molecular formula is C26H28N2O3S. The van der Waals surface area contributed by atoms with E-state index in [2.05, 4.69) is 18.6 Å². The van der Waals surface area contributed by atoms with Crippen molar-refractivity contribution in [1.29, 1.82) is 0 Å². The zero-order valence-electron chi connectivity index (χ0n) is 18.6. The molecule has 0 aromatic heterocycles. The molecule has 1 N–H and O–H groups in total. The molecule has 0 saturated heterocycles. The Morgan fingerprint density at radius 3 is 2.31 bits per heavy atom. The van der Waals surface area contributed by atoms with Crippen molar-refractivity contribution >= 4 is 27.3 Å². The van der Waals surface area contributed by atoms with E-state index in [-0.39, 0.29) is 10.8 Å². The van der Waals surface area contributed by atoms with E-state index in [0.29, 0.717) is 23.7 Å². The summed E-state index contributed by atoms with van der Waals surface area (Å²) in [5.41, 5.74) is 5.06. The number of sulfonamides is 1. The molecule has 0 spiro atoms. The van der Waals surface area contributed by atoms with Gasteiger partial charge in [-0.25, -0.2) is 8.42 Å². The quantitative estimate of drug-likeness (QED) is 0.559. The molecule has 0 bridgehead atoms. The van der Waals surface area contributed by atoms with Crippen LogP contribution in [0, 0.1) is 6.92 Å². The van der Waals surface area contributed by atoms with Gasteiger partial charge in [0, 0.05) is 23.5 Å². The lowest BCUT2D eigenvalue weighted by atomic mass is 10.0. The van der Waals surface area contributed by atoms with Gasteiger partial charge in [-0.3, -0.25) is 9.52 Å². The Kier molecular flexibility index (Phi) is 6.07. The number of hydrogen-bond acceptors (Lipinski definition) is 3. The number of rotatable bonds is 5. The van der Waals surface area contributed by atoms with E-state index in [0.717, 1.165) is 35.2 Å². The van der Waals surface area contributed by atoms with E-state index in [9.17, 15) is 13.2 Å². The molecule has 0 radical (unpaired) electrons. The second kappa shape index (κ2) is 8.79. The van der Waals surface area contributed by atoms with Crippen LogP contribution in [-0.4, -0.2) is 20.9 Å². The van der Waals surface area contributed by atoms with Gasteiger partial charge >= 0.3 is 0 Å². The lowest BCUT2D eigenvalue weighted by Crippen LogP contribution is -2.35. The molecule has 4 rings (SSSR count). The van der Waals surface area contributed by atoms with Gasteiger partial charge in [-0.2, -0.15) is 0 Å². The number of carbonyl (C=O) groups excluding carboxylic acids is 1. The third-order valence-corrected chi connectivity index (χ3v) is 7.23. The predicted molar refractivity (Wildman–Crippen MR) is 129 cm³/mol. The lowest BCUT2D eigenvalue weighted by molar-refractivity contribution is 0.0985. The number of carbonyl (C=O) groups is 1. The van der Waals surface area contributed by atoms with Crippen molar-refractivity contribution in [3.05, 3.63) is 89.0 Å². The number of nitrogens with zero attached hydrogens (tertiary/aromatic N) is 1. The first-order valence-corrected chi connectivity index (χ1v) is 12.4. The first kappa shape index (κ1) is 22.1. The Bertz CT molecular complexity index is 1230. The smallest absolute Gasteiger partial charge is 0.261 e. The van der Waals surface area contributed by atoms with Gasteiger partial charge < -0.3 is 4.90 Å². The number of hydrogen-bond donors (Lipinski definition) is 1. The Morgan fingerprint density at radius 2 is 1.66 bits per heavy atom. The Labute approximate surface area is 190 Å². The highest BCUT2D eigenvalue weighted by Gasteiger charge is 2.25. The summed E-state index contributed by atoms with van der Waals surface area (Å²) < 4.78 is 28.6. The number of nitrogens with one attached hydrogen (secondary N) is 1. The standard InChI is InChI=1S/C26H28N2O3S/c1-18(2)20-10-12-23(13-11-20)27-32(30,31)24-14-15-25-22(17-24)5-4-16-28(25)26(29)21-8-6-19(3)7-9-21/h6-15,17-18,27H,4-5,16H2,1-3H3. The SMILES string of the molecule is Cc1ccc(C(=O)N2CCCc3cc(S(=O)(=O)Nc4ccc(C(C)C)cc4)ccc32)cc1. The van der Waals surface area contributed by atoms with Crippen LogP contribution in [0.3, 0.4) is 0 Å². The van der Waals surface area contributed by atoms with Gasteiger partial charge in [-0.05, 0) is 79.3 Å². The third-order valence-electron chi connectivity index (χ3n) is 5.85. The van der Waals surface area contributed by atoms with Crippen LogP contribution in [0.25, 0.3) is 0 Å². The van der Waals surface area contributed by atoms with Gasteiger partial charge in [0.05, 0.1) is 4.90 Å². The van der Waals surface area contributed by atoms with Crippen LogP contribution in [0.1, 0.15) is 53.2 Å². The average molecular weight is 449 g/mol. The molecular weight excluding hydrogens is 420 g/mol. The summed E-state index contributed by atoms with van der Waals surface area (Å²) in [4.78, 5) is 15.0. The fraction of sp³-hybridized carbons (Fsp3) is 0.269. The van der Waals surface area contributed by atoms with E-state index in [4.69, 9.17) is 0 Å². The molecule has 0 aliphatic carbocycles. The fourth-order valence-electron chi connectivity index (χ4n) is 3.95. The highest BCUT2D eigenvalue weighted by Crippen LogP contribution is 2.31. The van der Waals surface area contributed by atoms with Crippen LogP contribution in [0.5, 0.6) is 0 Å². The summed E-state index contributed by atoms with van der Waals surface area (Å²) in [6.07, 6.45) is 1.53. The molecule has 166 valence electrons. The van der Waals surface area contributed by atoms with E-state index in [1.54, 1.807) is 35.2 Å². The first-order chi connectivity index (χ1) is 15.2. The zero-order valence-corrected chi connectivity index (χ0v) is 19.4. The summed E-state index contributed by atoms with van der Waals surface area (Å²) in [7, 11) is -3.73. The minimum absolute atomic E-state index is 0.0649. The molecule has 32 heavy (non-hydrogen) atoms. The minimum Gasteiger partial charge on any atom is -0.308 e. The number of fused-ring (bicyclic) bond motifs is 1. The molecule has 0 unspecified atom stereocenters. The molecule has 5 nitrogen and oxygen atoms in total. The molecule has 0 saturated carbocycles. The maximum Gasteiger partial charge on any atom is 0.261 e. The van der Waals surface area contributed by atoms with Crippen LogP contribution >= 0.6 is 0 Å². The summed E-state index contributed by atoms with van der Waals surface area (Å²) >= 11 is 0. The van der Waals surface area contributed by atoms with Crippen molar-refractivity contribution in [2.45, 2.75) is 44.4 Å². The second-order valence-corrected chi connectivity index (χ2v) is 10.3. The molecule has 0 atom stereocenters. The molecule has 0 fully saturated rings. The maximum atomic E-state index is 13.1. The molecule has 6 heteroatoms. The van der Waals surface area contributed by atoms with Crippen molar-refractivity contribution in [1.82, 2.24) is 0 Å². The van der Waals surface area contributed by atoms with E-state index in [1.165, 1.54) is 0 Å². The number of amides is 1. The van der Waals surface area contributed by atoms with Gasteiger partial charge in [-0.1, -0.05) is 43.7 Å². The topological polar surface area (TPSA) is 66.5 Å². The van der Waals surface area contributed by atoms with Crippen molar-refractivity contribution in [2.24, 2.45) is 0 Å². The normalized spacial score (nSPS) is 13.7. The van der Waals surface area contributed by atoms with E-state index >= 15 is 0 Å². The maximum absolute atomic E-state index is 13.1. The Balaban J connectivity index is 1.58. The van der Waals surface area contributed by atoms with Gasteiger partial charge in [0.2, 0.25) is 0 Å². The summed E-state index contributed by atoms with van der Waals surface area (Å²) in [6.45, 7) is 6.80. The summed E-state index contributed by atoms with van der Waals surface area (Å²) in [6, 6.07) is 20.0. The van der Waals surface area contributed by atoms with Crippen LogP contribution in [-0.2, 0) is 16.4 Å². The van der Waals surface area contributed by atoms with Gasteiger partial charge in [0.15, 0.2) is 0 Å². The van der Waals surface area contributed by atoms with Gasteiger partial charge in [0.25, 0.3) is 15.9 Å². The third kappa shape index (κ3) is 4.55. The zero-order chi connectivity index (χ0) is 22.9. The first-order valence-electron chi connectivity index (χ1n) is 10.9. The van der Waals surface area contributed by atoms with E-state index < -0.39 is 10.0 Å². The lowest BCUT2D eigenvalue weighted by Gasteiger charge is -2.30. The van der Waals surface area contributed by atoms with Crippen molar-refractivity contribution in [3.8, 4) is 0 Å². The highest BCUT2D eigenvalue weighted by atomic mass is 32.2. The molecule has 3 aromatic rings. The number of anilines is 2. The van der Waals surface area contributed by atoms with Crippen LogP contribution in [0.15, 0.2) is 71.6 Å². The molecule has 1 heterocycles. The van der Waals surface area contributed by atoms with Crippen molar-refractivity contribution in [2.75, 3.05) is 16.2 Å². The molecule has 1 aliphatic rings. The monoisotopic (exact) mass is 448 g/mol. The molecule has 1 amide bonds. The minimum atomic E-state index is -3.73. The largest absolute Gasteiger partial charge is 0.308 e. The fourth-order valence-corrected chi connectivity index (χ4v) is 5.06. The summed E-state index contributed by atoms with van der Waals surface area (Å²) in [5.74, 6) is 0.316. The average Bonchev–Trinajstić information content (AvgIpc) is 2.78. The predicted octanol–water partition coefficient (Wildman–Crippen LogP) is 5.51. The van der Waals surface area contributed by atoms with Crippen LogP contribution in [0.4, 0.5) is 11.4 Å². The Morgan fingerprint density at radius 1 is 0.969 bits per heavy atom. The van der Waals surface area contributed by atoms with Crippen LogP contribution in [0.2, 0.25) is 0 Å². The summed E-state index contributed by atoms with van der Waals surface area (Å²) in [5, 5.41) is 0. The highest BCUT2D eigenvalue weighted by molar-refractivity contribution is 7.92. The van der Waals surface area contributed by atoms with E-state index in [1.807, 2.05) is 43.3 Å². The Hall–Kier alpha value is -3.12. The van der Waals surface area contributed by atoms with Crippen LogP contribution < -0.4 is 9.62 Å². The van der Waals surface area contributed by atoms with Crippen molar-refractivity contribution < 1.29 is 13.2 Å². The molecule has 1 aliphatic heterocycles. The van der Waals surface area contributed by atoms with Gasteiger partial charge in [0.1, 0.15) is 0 Å². The number of benzene rings is 3.